The maximum Gasteiger partial charge on any atom is 0.254 e. The van der Waals surface area contributed by atoms with Crippen molar-refractivity contribution in [2.45, 2.75) is 56.2 Å². The van der Waals surface area contributed by atoms with Gasteiger partial charge in [-0.3, -0.25) is 9.59 Å². The van der Waals surface area contributed by atoms with Gasteiger partial charge in [-0.2, -0.15) is 0 Å². The average molecular weight is 411 g/mol. The van der Waals surface area contributed by atoms with Crippen LogP contribution in [0.15, 0.2) is 36.4 Å². The lowest BCUT2D eigenvalue weighted by atomic mass is 9.96. The van der Waals surface area contributed by atoms with E-state index in [2.05, 4.69) is 18.3 Å². The number of carbonyl (C=O) groups is 2. The molecule has 0 radical (unpaired) electrons. The van der Waals surface area contributed by atoms with Gasteiger partial charge in [0.15, 0.2) is 0 Å². The predicted octanol–water partition coefficient (Wildman–Crippen LogP) is 2.02. The molecule has 4 fully saturated rings. The van der Waals surface area contributed by atoms with Crippen molar-refractivity contribution in [1.82, 2.24) is 10.2 Å². The number of fused-ring (bicyclic) bond motifs is 2. The molecule has 160 valence electrons. The summed E-state index contributed by atoms with van der Waals surface area (Å²) in [5.41, 5.74) is 2.09. The van der Waals surface area contributed by atoms with Crippen LogP contribution in [0.2, 0.25) is 0 Å². The summed E-state index contributed by atoms with van der Waals surface area (Å²) >= 11 is 0. The molecule has 1 aromatic rings. The molecule has 1 aromatic carbocycles. The standard InChI is InChI=1S/C24H30N2O4/c1-24(8-9-24)18-4-2-3-16(11-18)23(29)26-13-17-12-19(27)22(26)21(17)25-20(28)6-5-15-7-10-30-14-15/h2-6,11,15,17,19,21-22,27H,7-10,12-14H2,1H3,(H,25,28)/b6-5+/t15?,17-,19+,21-,22-/m0/s1. The number of hydrogen-bond acceptors (Lipinski definition) is 4. The highest BCUT2D eigenvalue weighted by Crippen LogP contribution is 2.48. The van der Waals surface area contributed by atoms with Crippen LogP contribution in [0.25, 0.3) is 0 Å². The number of aliphatic hydroxyl groups excluding tert-OH is 1. The third-order valence-corrected chi connectivity index (χ3v) is 7.47. The van der Waals surface area contributed by atoms with Gasteiger partial charge in [-0.05, 0) is 54.9 Å². The molecule has 2 N–H and O–H groups in total. The van der Waals surface area contributed by atoms with Gasteiger partial charge >= 0.3 is 0 Å². The SMILES string of the molecule is CC1(c2cccc(C(=O)N3C[C@@H]4C[C@@H](O)[C@H]3[C@H]4NC(=O)/C=C/C3CCOC3)c2)CC1. The molecule has 2 amide bonds. The Balaban J connectivity index is 1.28. The Labute approximate surface area is 177 Å². The number of aliphatic hydroxyl groups is 1. The summed E-state index contributed by atoms with van der Waals surface area (Å²) in [4.78, 5) is 27.5. The van der Waals surface area contributed by atoms with Crippen molar-refractivity contribution in [2.75, 3.05) is 19.8 Å². The van der Waals surface area contributed by atoms with E-state index in [1.165, 1.54) is 5.56 Å². The number of hydrogen-bond donors (Lipinski definition) is 2. The highest BCUT2D eigenvalue weighted by atomic mass is 16.5. The average Bonchev–Trinajstić information content (AvgIpc) is 3.08. The molecule has 2 bridgehead atoms. The van der Waals surface area contributed by atoms with Gasteiger partial charge in [-0.25, -0.2) is 0 Å². The summed E-state index contributed by atoms with van der Waals surface area (Å²) in [6.45, 7) is 4.21. The van der Waals surface area contributed by atoms with Gasteiger partial charge in [0.05, 0.1) is 24.8 Å². The zero-order chi connectivity index (χ0) is 20.9. The summed E-state index contributed by atoms with van der Waals surface area (Å²) in [7, 11) is 0. The predicted molar refractivity (Wildman–Crippen MR) is 112 cm³/mol. The first-order chi connectivity index (χ1) is 14.4. The fraction of sp³-hybridized carbons (Fsp3) is 0.583. The smallest absolute Gasteiger partial charge is 0.254 e. The Bertz CT molecular complexity index is 872. The molecule has 2 saturated carbocycles. The van der Waals surface area contributed by atoms with Gasteiger partial charge in [0.25, 0.3) is 5.91 Å². The lowest BCUT2D eigenvalue weighted by Gasteiger charge is -2.31. The normalized spacial score (nSPS) is 33.9. The molecule has 30 heavy (non-hydrogen) atoms. The summed E-state index contributed by atoms with van der Waals surface area (Å²) in [5.74, 6) is 0.171. The second-order valence-electron chi connectivity index (χ2n) is 9.67. The highest BCUT2D eigenvalue weighted by Gasteiger charge is 2.54. The molecule has 5 rings (SSSR count). The minimum Gasteiger partial charge on any atom is -0.391 e. The molecule has 0 aromatic heterocycles. The Morgan fingerprint density at radius 2 is 2.17 bits per heavy atom. The quantitative estimate of drug-likeness (QED) is 0.728. The van der Waals surface area contributed by atoms with Crippen LogP contribution in [-0.2, 0) is 14.9 Å². The Morgan fingerprint density at radius 3 is 2.90 bits per heavy atom. The van der Waals surface area contributed by atoms with E-state index in [-0.39, 0.29) is 35.2 Å². The number of carbonyl (C=O) groups excluding carboxylic acids is 2. The second-order valence-corrected chi connectivity index (χ2v) is 9.67. The molecule has 2 aliphatic carbocycles. The summed E-state index contributed by atoms with van der Waals surface area (Å²) in [5, 5.41) is 13.6. The molecular formula is C24H30N2O4. The van der Waals surface area contributed by atoms with E-state index in [1.54, 1.807) is 11.0 Å². The first-order valence-corrected chi connectivity index (χ1v) is 11.1. The van der Waals surface area contributed by atoms with Crippen molar-refractivity contribution in [2.24, 2.45) is 11.8 Å². The highest BCUT2D eigenvalue weighted by molar-refractivity contribution is 5.95. The third-order valence-electron chi connectivity index (χ3n) is 7.47. The van der Waals surface area contributed by atoms with Gasteiger partial charge < -0.3 is 20.1 Å². The van der Waals surface area contributed by atoms with Crippen molar-refractivity contribution >= 4 is 11.8 Å². The Kier molecular flexibility index (Phi) is 4.94. The van der Waals surface area contributed by atoms with Gasteiger partial charge in [-0.15, -0.1) is 0 Å². The van der Waals surface area contributed by atoms with E-state index in [0.29, 0.717) is 31.1 Å². The number of amides is 2. The molecule has 2 heterocycles. The molecule has 6 nitrogen and oxygen atoms in total. The first-order valence-electron chi connectivity index (χ1n) is 11.1. The van der Waals surface area contributed by atoms with Gasteiger partial charge in [0.1, 0.15) is 0 Å². The van der Waals surface area contributed by atoms with Crippen molar-refractivity contribution in [1.29, 1.82) is 0 Å². The number of rotatable bonds is 5. The van der Waals surface area contributed by atoms with Crippen LogP contribution in [0.5, 0.6) is 0 Å². The molecule has 6 heteroatoms. The fourth-order valence-corrected chi connectivity index (χ4v) is 5.31. The van der Waals surface area contributed by atoms with E-state index < -0.39 is 6.10 Å². The van der Waals surface area contributed by atoms with E-state index in [9.17, 15) is 14.7 Å². The number of benzene rings is 1. The number of ether oxygens (including phenoxy) is 1. The van der Waals surface area contributed by atoms with Gasteiger partial charge in [-0.1, -0.05) is 25.1 Å². The van der Waals surface area contributed by atoms with E-state index in [1.807, 2.05) is 24.3 Å². The third kappa shape index (κ3) is 3.56. The zero-order valence-corrected chi connectivity index (χ0v) is 17.4. The minimum atomic E-state index is -0.602. The number of piperidine rings is 1. The summed E-state index contributed by atoms with van der Waals surface area (Å²) < 4.78 is 5.34. The molecule has 1 unspecified atom stereocenters. The van der Waals surface area contributed by atoms with Crippen LogP contribution < -0.4 is 5.32 Å². The van der Waals surface area contributed by atoms with Crippen LogP contribution in [0.3, 0.4) is 0 Å². The van der Waals surface area contributed by atoms with Crippen molar-refractivity contribution in [3.05, 3.63) is 47.5 Å². The van der Waals surface area contributed by atoms with E-state index in [0.717, 1.165) is 25.9 Å². The van der Waals surface area contributed by atoms with Crippen LogP contribution in [0.4, 0.5) is 0 Å². The van der Waals surface area contributed by atoms with Crippen molar-refractivity contribution in [3.63, 3.8) is 0 Å². The molecule has 5 atom stereocenters. The van der Waals surface area contributed by atoms with Crippen molar-refractivity contribution in [3.8, 4) is 0 Å². The lowest BCUT2D eigenvalue weighted by molar-refractivity contribution is -0.117. The topological polar surface area (TPSA) is 78.9 Å². The maximum absolute atomic E-state index is 13.3. The van der Waals surface area contributed by atoms with E-state index >= 15 is 0 Å². The monoisotopic (exact) mass is 410 g/mol. The number of nitrogens with one attached hydrogen (secondary N) is 1. The lowest BCUT2D eigenvalue weighted by Crippen LogP contribution is -2.50. The maximum atomic E-state index is 13.3. The van der Waals surface area contributed by atoms with Gasteiger partial charge in [0.2, 0.25) is 5.91 Å². The minimum absolute atomic E-state index is 0.0507. The zero-order valence-electron chi connectivity index (χ0n) is 17.4. The summed E-state index contributed by atoms with van der Waals surface area (Å²) in [6, 6.07) is 7.34. The summed E-state index contributed by atoms with van der Waals surface area (Å²) in [6.07, 6.45) is 6.76. The van der Waals surface area contributed by atoms with E-state index in [4.69, 9.17) is 4.74 Å². The second kappa shape index (κ2) is 7.50. The largest absolute Gasteiger partial charge is 0.391 e. The van der Waals surface area contributed by atoms with Gasteiger partial charge in [0, 0.05) is 30.6 Å². The van der Waals surface area contributed by atoms with Crippen LogP contribution in [0.1, 0.15) is 48.5 Å². The number of nitrogens with zero attached hydrogens (tertiary/aromatic N) is 1. The van der Waals surface area contributed by atoms with Crippen molar-refractivity contribution < 1.29 is 19.4 Å². The van der Waals surface area contributed by atoms with Crippen LogP contribution in [0, 0.1) is 11.8 Å². The molecule has 4 aliphatic rings. The molecule has 0 spiro atoms. The molecular weight excluding hydrogens is 380 g/mol. The Hall–Kier alpha value is -2.18. The number of likely N-dealkylation sites (tertiary alicyclic amines) is 1. The van der Waals surface area contributed by atoms with Crippen LogP contribution in [-0.4, -0.2) is 59.8 Å². The Morgan fingerprint density at radius 1 is 1.33 bits per heavy atom. The fourth-order valence-electron chi connectivity index (χ4n) is 5.31. The first kappa shape index (κ1) is 19.8. The molecule has 2 saturated heterocycles. The van der Waals surface area contributed by atoms with Crippen LogP contribution >= 0.6 is 0 Å². The molecule has 2 aliphatic heterocycles.